The predicted octanol–water partition coefficient (Wildman–Crippen LogP) is 5.82. The van der Waals surface area contributed by atoms with Gasteiger partial charge in [-0.2, -0.15) is 13.2 Å². The number of nitrogens with one attached hydrogen (secondary N) is 1. The number of aromatic nitrogens is 2. The Bertz CT molecular complexity index is 1320. The number of carbonyl (C=O) groups is 1. The third-order valence-corrected chi connectivity index (χ3v) is 4.79. The van der Waals surface area contributed by atoms with Crippen molar-refractivity contribution in [2.45, 2.75) is 13.1 Å². The van der Waals surface area contributed by atoms with Gasteiger partial charge in [-0.05, 0) is 60.0 Å². The molecule has 3 aromatic carbocycles. The Labute approximate surface area is 180 Å². The molecule has 162 valence electrons. The lowest BCUT2D eigenvalue weighted by Gasteiger charge is -2.14. The third-order valence-electron chi connectivity index (χ3n) is 4.79. The average Bonchev–Trinajstić information content (AvgIpc) is 2.74. The highest BCUT2D eigenvalue weighted by molar-refractivity contribution is 5.89. The molecule has 0 bridgehead atoms. The van der Waals surface area contributed by atoms with Gasteiger partial charge in [-0.15, -0.1) is 0 Å². The highest BCUT2D eigenvalue weighted by atomic mass is 19.4. The van der Waals surface area contributed by atoms with Gasteiger partial charge in [-0.25, -0.2) is 14.8 Å². The standard InChI is InChI=1S/C23H17F3N4O2/c1-13-6-8-16(29-22(31)32-20-5-3-2-4-18(20)23(24,25)26)11-17(13)14-7-9-19-15(10-14)12-28-21(27)30-19/h2-12H,1H3,(H,29,31)(H2,27,28,30). The zero-order valence-corrected chi connectivity index (χ0v) is 16.8. The van der Waals surface area contributed by atoms with Gasteiger partial charge < -0.3 is 10.5 Å². The molecule has 0 unspecified atom stereocenters. The van der Waals surface area contributed by atoms with Gasteiger partial charge in [0.15, 0.2) is 0 Å². The Balaban J connectivity index is 1.59. The summed E-state index contributed by atoms with van der Waals surface area (Å²) < 4.78 is 44.3. The lowest BCUT2D eigenvalue weighted by molar-refractivity contribution is -0.138. The van der Waals surface area contributed by atoms with E-state index in [9.17, 15) is 18.0 Å². The molecule has 0 spiro atoms. The molecule has 1 amide bonds. The molecular weight excluding hydrogens is 421 g/mol. The molecule has 0 aliphatic rings. The number of amides is 1. The summed E-state index contributed by atoms with van der Waals surface area (Å²) in [5.41, 5.74) is 8.25. The number of nitrogens with zero attached hydrogens (tertiary/aromatic N) is 2. The van der Waals surface area contributed by atoms with E-state index in [-0.39, 0.29) is 5.95 Å². The smallest absolute Gasteiger partial charge is 0.409 e. The Kier molecular flexibility index (Phi) is 5.40. The number of fused-ring (bicyclic) bond motifs is 1. The molecule has 0 aliphatic carbocycles. The third kappa shape index (κ3) is 4.46. The molecule has 1 heterocycles. The highest BCUT2D eigenvalue weighted by Gasteiger charge is 2.34. The van der Waals surface area contributed by atoms with E-state index >= 15 is 0 Å². The van der Waals surface area contributed by atoms with E-state index in [0.717, 1.165) is 34.2 Å². The molecule has 0 atom stereocenters. The van der Waals surface area contributed by atoms with E-state index in [4.69, 9.17) is 10.5 Å². The van der Waals surface area contributed by atoms with Gasteiger partial charge in [0, 0.05) is 17.3 Å². The van der Waals surface area contributed by atoms with Crippen molar-refractivity contribution in [3.63, 3.8) is 0 Å². The van der Waals surface area contributed by atoms with Crippen LogP contribution in [-0.4, -0.2) is 16.1 Å². The Morgan fingerprint density at radius 2 is 1.84 bits per heavy atom. The second-order valence-corrected chi connectivity index (χ2v) is 7.04. The summed E-state index contributed by atoms with van der Waals surface area (Å²) in [6.45, 7) is 1.90. The number of benzene rings is 3. The molecule has 9 heteroatoms. The first-order chi connectivity index (χ1) is 15.2. The first kappa shape index (κ1) is 21.1. The first-order valence-electron chi connectivity index (χ1n) is 9.49. The molecule has 0 radical (unpaired) electrons. The number of anilines is 2. The summed E-state index contributed by atoms with van der Waals surface area (Å²) in [6.07, 6.45) is -4.05. The van der Waals surface area contributed by atoms with Crippen molar-refractivity contribution in [1.29, 1.82) is 0 Å². The van der Waals surface area contributed by atoms with Gasteiger partial charge in [-0.3, -0.25) is 5.32 Å². The molecule has 0 saturated carbocycles. The van der Waals surface area contributed by atoms with E-state index in [1.165, 1.54) is 12.1 Å². The van der Waals surface area contributed by atoms with Crippen LogP contribution >= 0.6 is 0 Å². The number of para-hydroxylation sites is 1. The number of nitrogen functional groups attached to an aromatic ring is 1. The maximum absolute atomic E-state index is 13.1. The molecule has 6 nitrogen and oxygen atoms in total. The quantitative estimate of drug-likeness (QED) is 0.421. The summed E-state index contributed by atoms with van der Waals surface area (Å²) in [7, 11) is 0. The average molecular weight is 438 g/mol. The van der Waals surface area contributed by atoms with Gasteiger partial charge >= 0.3 is 12.3 Å². The van der Waals surface area contributed by atoms with Crippen molar-refractivity contribution in [1.82, 2.24) is 9.97 Å². The van der Waals surface area contributed by atoms with Crippen molar-refractivity contribution < 1.29 is 22.7 Å². The number of rotatable bonds is 3. The van der Waals surface area contributed by atoms with Gasteiger partial charge in [0.25, 0.3) is 0 Å². The van der Waals surface area contributed by atoms with Crippen LogP contribution in [0, 0.1) is 6.92 Å². The number of ether oxygens (including phenoxy) is 1. The van der Waals surface area contributed by atoms with Gasteiger partial charge in [0.1, 0.15) is 5.75 Å². The normalized spacial score (nSPS) is 11.4. The number of hydrogen-bond acceptors (Lipinski definition) is 5. The van der Waals surface area contributed by atoms with Crippen molar-refractivity contribution >= 4 is 28.6 Å². The second-order valence-electron chi connectivity index (χ2n) is 7.04. The number of nitrogens with two attached hydrogens (primary N) is 1. The van der Waals surface area contributed by atoms with Gasteiger partial charge in [-0.1, -0.05) is 24.3 Å². The lowest BCUT2D eigenvalue weighted by atomic mass is 9.98. The SMILES string of the molecule is Cc1ccc(NC(=O)Oc2ccccc2C(F)(F)F)cc1-c1ccc2nc(N)ncc2c1. The van der Waals surface area contributed by atoms with Gasteiger partial charge in [0.05, 0.1) is 11.1 Å². The summed E-state index contributed by atoms with van der Waals surface area (Å²) in [5, 5.41) is 3.27. The zero-order valence-electron chi connectivity index (χ0n) is 16.8. The van der Waals surface area contributed by atoms with Crippen LogP contribution in [0.3, 0.4) is 0 Å². The lowest BCUT2D eigenvalue weighted by Crippen LogP contribution is -2.19. The number of alkyl halides is 3. The summed E-state index contributed by atoms with van der Waals surface area (Å²) in [5.74, 6) is -0.392. The fourth-order valence-electron chi connectivity index (χ4n) is 3.26. The van der Waals surface area contributed by atoms with Crippen LogP contribution in [0.25, 0.3) is 22.0 Å². The summed E-state index contributed by atoms with van der Waals surface area (Å²) >= 11 is 0. The van der Waals surface area contributed by atoms with Crippen LogP contribution in [-0.2, 0) is 6.18 Å². The molecule has 4 rings (SSSR count). The molecule has 1 aromatic heterocycles. The summed E-state index contributed by atoms with van der Waals surface area (Å²) in [4.78, 5) is 20.4. The van der Waals surface area contributed by atoms with Crippen LogP contribution < -0.4 is 15.8 Å². The van der Waals surface area contributed by atoms with E-state index < -0.39 is 23.6 Å². The second kappa shape index (κ2) is 8.18. The maximum Gasteiger partial charge on any atom is 0.419 e. The van der Waals surface area contributed by atoms with Crippen LogP contribution in [0.15, 0.2) is 66.9 Å². The minimum atomic E-state index is -4.64. The Morgan fingerprint density at radius 1 is 1.06 bits per heavy atom. The fraction of sp³-hybridized carbons (Fsp3) is 0.0870. The molecule has 0 saturated heterocycles. The number of carbonyl (C=O) groups excluding carboxylic acids is 1. The van der Waals surface area contributed by atoms with E-state index in [1.807, 2.05) is 25.1 Å². The van der Waals surface area contributed by atoms with Crippen LogP contribution in [0.5, 0.6) is 5.75 Å². The van der Waals surface area contributed by atoms with Crippen molar-refractivity contribution in [2.24, 2.45) is 0 Å². The Morgan fingerprint density at radius 3 is 2.62 bits per heavy atom. The predicted molar refractivity (Wildman–Crippen MR) is 115 cm³/mol. The maximum atomic E-state index is 13.1. The molecule has 4 aromatic rings. The van der Waals surface area contributed by atoms with Crippen molar-refractivity contribution in [3.8, 4) is 16.9 Å². The Hall–Kier alpha value is -4.14. The van der Waals surface area contributed by atoms with Crippen LogP contribution in [0.1, 0.15) is 11.1 Å². The minimum absolute atomic E-state index is 0.179. The molecule has 32 heavy (non-hydrogen) atoms. The zero-order chi connectivity index (χ0) is 22.9. The number of aryl methyl sites for hydroxylation is 1. The van der Waals surface area contributed by atoms with Crippen LogP contribution in [0.2, 0.25) is 0 Å². The van der Waals surface area contributed by atoms with Crippen LogP contribution in [0.4, 0.5) is 29.6 Å². The van der Waals surface area contributed by atoms with Crippen molar-refractivity contribution in [2.75, 3.05) is 11.1 Å². The van der Waals surface area contributed by atoms with Crippen molar-refractivity contribution in [3.05, 3.63) is 78.0 Å². The molecule has 0 fully saturated rings. The van der Waals surface area contributed by atoms with E-state index in [2.05, 4.69) is 15.3 Å². The van der Waals surface area contributed by atoms with Gasteiger partial charge in [0.2, 0.25) is 5.95 Å². The highest BCUT2D eigenvalue weighted by Crippen LogP contribution is 2.36. The molecular formula is C23H17F3N4O2. The monoisotopic (exact) mass is 438 g/mol. The van der Waals surface area contributed by atoms with E-state index in [1.54, 1.807) is 24.4 Å². The largest absolute Gasteiger partial charge is 0.419 e. The van der Waals surface area contributed by atoms with E-state index in [0.29, 0.717) is 11.2 Å². The fourth-order valence-corrected chi connectivity index (χ4v) is 3.26. The minimum Gasteiger partial charge on any atom is -0.409 e. The number of hydrogen-bond donors (Lipinski definition) is 2. The number of halogens is 3. The first-order valence-corrected chi connectivity index (χ1v) is 9.49. The topological polar surface area (TPSA) is 90.1 Å². The molecule has 0 aliphatic heterocycles. The summed E-state index contributed by atoms with van der Waals surface area (Å²) in [6, 6.07) is 15.2. The molecule has 3 N–H and O–H groups in total.